The Labute approximate surface area is 139 Å². The third-order valence-corrected chi connectivity index (χ3v) is 5.28. The van der Waals surface area contributed by atoms with Crippen LogP contribution in [0.2, 0.25) is 5.02 Å². The second-order valence-electron chi connectivity index (χ2n) is 5.19. The van der Waals surface area contributed by atoms with Crippen LogP contribution in [-0.4, -0.2) is 18.1 Å². The molecule has 116 valence electrons. The van der Waals surface area contributed by atoms with E-state index in [0.717, 1.165) is 3.57 Å². The quantitative estimate of drug-likeness (QED) is 0.670. The second-order valence-corrected chi connectivity index (χ2v) is 6.76. The van der Waals surface area contributed by atoms with E-state index in [1.165, 1.54) is 0 Å². The maximum atomic E-state index is 12.6. The fourth-order valence-corrected chi connectivity index (χ4v) is 2.99. The third-order valence-electron chi connectivity index (χ3n) is 3.71. The van der Waals surface area contributed by atoms with E-state index in [1.807, 2.05) is 0 Å². The van der Waals surface area contributed by atoms with Crippen LogP contribution in [0.4, 0.5) is 13.2 Å². The lowest BCUT2D eigenvalue weighted by molar-refractivity contribution is -0.182. The Morgan fingerprint density at radius 2 is 1.86 bits per heavy atom. The molecule has 0 bridgehead atoms. The molecule has 1 amide bonds. The topological polar surface area (TPSA) is 29.1 Å². The largest absolute Gasteiger partial charge is 0.391 e. The molecule has 2 rings (SSSR count). The lowest BCUT2D eigenvalue weighted by Crippen LogP contribution is -2.40. The summed E-state index contributed by atoms with van der Waals surface area (Å²) in [6, 6.07) is 4.76. The van der Waals surface area contributed by atoms with Crippen molar-refractivity contribution in [1.29, 1.82) is 0 Å². The standard InChI is InChI=1S/C14H14ClF3INO/c15-11-7-8(1-6-12(11)19)13(21)20-10-4-2-9(3-5-10)14(16,17)18/h1,6-7,9-10H,2-5H2,(H,20,21). The first-order valence-electron chi connectivity index (χ1n) is 6.60. The molecule has 0 saturated heterocycles. The molecule has 21 heavy (non-hydrogen) atoms. The van der Waals surface area contributed by atoms with Crippen LogP contribution in [0.15, 0.2) is 18.2 Å². The molecule has 7 heteroatoms. The summed E-state index contributed by atoms with van der Waals surface area (Å²) >= 11 is 8.02. The molecule has 1 aromatic carbocycles. The van der Waals surface area contributed by atoms with Crippen LogP contribution in [0.1, 0.15) is 36.0 Å². The number of amides is 1. The van der Waals surface area contributed by atoms with Crippen LogP contribution in [0.5, 0.6) is 0 Å². The Hall–Kier alpha value is -0.500. The van der Waals surface area contributed by atoms with Gasteiger partial charge in [0.1, 0.15) is 0 Å². The van der Waals surface area contributed by atoms with Crippen molar-refractivity contribution in [3.05, 3.63) is 32.4 Å². The number of carbonyl (C=O) groups excluding carboxylic acids is 1. The van der Waals surface area contributed by atoms with Crippen LogP contribution < -0.4 is 5.32 Å². The van der Waals surface area contributed by atoms with Gasteiger partial charge in [-0.05, 0) is 66.5 Å². The third kappa shape index (κ3) is 4.48. The molecule has 0 spiro atoms. The SMILES string of the molecule is O=C(NC1CCC(C(F)(F)F)CC1)c1ccc(I)c(Cl)c1. The van der Waals surface area contributed by atoms with E-state index in [4.69, 9.17) is 11.6 Å². The minimum Gasteiger partial charge on any atom is -0.349 e. The van der Waals surface area contributed by atoms with E-state index in [1.54, 1.807) is 18.2 Å². The molecule has 0 aliphatic heterocycles. The van der Waals surface area contributed by atoms with E-state index in [9.17, 15) is 18.0 Å². The van der Waals surface area contributed by atoms with Crippen LogP contribution in [0, 0.1) is 9.49 Å². The molecule has 1 aliphatic rings. The van der Waals surface area contributed by atoms with Crippen molar-refractivity contribution >= 4 is 40.1 Å². The highest BCUT2D eigenvalue weighted by molar-refractivity contribution is 14.1. The van der Waals surface area contributed by atoms with Gasteiger partial charge in [0.2, 0.25) is 0 Å². The van der Waals surface area contributed by atoms with Gasteiger partial charge < -0.3 is 5.32 Å². The zero-order chi connectivity index (χ0) is 15.6. The number of hydrogen-bond donors (Lipinski definition) is 1. The van der Waals surface area contributed by atoms with Gasteiger partial charge >= 0.3 is 6.18 Å². The van der Waals surface area contributed by atoms with Crippen molar-refractivity contribution in [3.63, 3.8) is 0 Å². The Morgan fingerprint density at radius 1 is 1.24 bits per heavy atom. The Balaban J connectivity index is 1.91. The highest BCUT2D eigenvalue weighted by Gasteiger charge is 2.41. The predicted octanol–water partition coefficient (Wildman–Crippen LogP) is 4.80. The highest BCUT2D eigenvalue weighted by Crippen LogP contribution is 2.37. The number of benzene rings is 1. The average molecular weight is 432 g/mol. The van der Waals surface area contributed by atoms with Gasteiger partial charge in [-0.25, -0.2) is 0 Å². The molecular weight excluding hydrogens is 418 g/mol. The maximum absolute atomic E-state index is 12.6. The monoisotopic (exact) mass is 431 g/mol. The molecule has 0 heterocycles. The lowest BCUT2D eigenvalue weighted by Gasteiger charge is -2.30. The first-order chi connectivity index (χ1) is 9.77. The Morgan fingerprint density at radius 3 is 2.38 bits per heavy atom. The summed E-state index contributed by atoms with van der Waals surface area (Å²) in [4.78, 5) is 12.1. The van der Waals surface area contributed by atoms with Gasteiger partial charge in [0.15, 0.2) is 0 Å². The van der Waals surface area contributed by atoms with Crippen LogP contribution in [0.3, 0.4) is 0 Å². The molecule has 0 radical (unpaired) electrons. The van der Waals surface area contributed by atoms with Crippen LogP contribution in [0.25, 0.3) is 0 Å². The number of alkyl halides is 3. The first kappa shape index (κ1) is 16.9. The summed E-state index contributed by atoms with van der Waals surface area (Å²) in [6.45, 7) is 0. The number of rotatable bonds is 2. The molecule has 0 atom stereocenters. The van der Waals surface area contributed by atoms with Gasteiger partial charge in [-0.3, -0.25) is 4.79 Å². The molecule has 1 saturated carbocycles. The maximum Gasteiger partial charge on any atom is 0.391 e. The van der Waals surface area contributed by atoms with E-state index in [2.05, 4.69) is 27.9 Å². The summed E-state index contributed by atoms with van der Waals surface area (Å²) in [5.41, 5.74) is 0.429. The molecule has 0 unspecified atom stereocenters. The van der Waals surface area contributed by atoms with E-state index >= 15 is 0 Å². The number of hydrogen-bond acceptors (Lipinski definition) is 1. The normalized spacial score (nSPS) is 22.9. The molecule has 1 aliphatic carbocycles. The van der Waals surface area contributed by atoms with Gasteiger partial charge in [-0.1, -0.05) is 11.6 Å². The highest BCUT2D eigenvalue weighted by atomic mass is 127. The fourth-order valence-electron chi connectivity index (χ4n) is 2.47. The Kier molecular flexibility index (Phi) is 5.40. The van der Waals surface area contributed by atoms with Gasteiger partial charge in [-0.15, -0.1) is 0 Å². The van der Waals surface area contributed by atoms with Gasteiger partial charge in [0.05, 0.1) is 10.9 Å². The van der Waals surface area contributed by atoms with E-state index < -0.39 is 12.1 Å². The van der Waals surface area contributed by atoms with Gasteiger partial charge in [-0.2, -0.15) is 13.2 Å². The van der Waals surface area contributed by atoms with Gasteiger partial charge in [0.25, 0.3) is 5.91 Å². The molecular formula is C14H14ClF3INO. The minimum absolute atomic E-state index is 0.0713. The molecule has 1 aromatic rings. The van der Waals surface area contributed by atoms with Crippen molar-refractivity contribution < 1.29 is 18.0 Å². The van der Waals surface area contributed by atoms with E-state index in [0.29, 0.717) is 23.4 Å². The van der Waals surface area contributed by atoms with Crippen molar-refractivity contribution in [1.82, 2.24) is 5.32 Å². The summed E-state index contributed by atoms with van der Waals surface area (Å²) in [6.07, 6.45) is -3.27. The number of carbonyl (C=O) groups is 1. The zero-order valence-electron chi connectivity index (χ0n) is 11.0. The molecule has 1 fully saturated rings. The predicted molar refractivity (Wildman–Crippen MR) is 83.4 cm³/mol. The average Bonchev–Trinajstić information content (AvgIpc) is 2.41. The number of nitrogens with one attached hydrogen (secondary N) is 1. The second kappa shape index (κ2) is 6.73. The lowest BCUT2D eigenvalue weighted by atomic mass is 9.85. The van der Waals surface area contributed by atoms with Crippen molar-refractivity contribution in [2.24, 2.45) is 5.92 Å². The Bertz CT molecular complexity index is 527. The van der Waals surface area contributed by atoms with E-state index in [-0.39, 0.29) is 24.8 Å². The number of halogens is 5. The summed E-state index contributed by atoms with van der Waals surface area (Å²) in [5.74, 6) is -1.53. The van der Waals surface area contributed by atoms with Crippen molar-refractivity contribution in [2.75, 3.05) is 0 Å². The summed E-state index contributed by atoms with van der Waals surface area (Å²) in [7, 11) is 0. The molecule has 1 N–H and O–H groups in total. The first-order valence-corrected chi connectivity index (χ1v) is 8.05. The molecule has 0 aromatic heterocycles. The van der Waals surface area contributed by atoms with Crippen molar-refractivity contribution in [2.45, 2.75) is 37.9 Å². The summed E-state index contributed by atoms with van der Waals surface area (Å²) < 4.78 is 38.6. The molecule has 2 nitrogen and oxygen atoms in total. The minimum atomic E-state index is -4.13. The zero-order valence-corrected chi connectivity index (χ0v) is 13.9. The van der Waals surface area contributed by atoms with Crippen molar-refractivity contribution in [3.8, 4) is 0 Å². The smallest absolute Gasteiger partial charge is 0.349 e. The van der Waals surface area contributed by atoms with Crippen LogP contribution >= 0.6 is 34.2 Å². The van der Waals surface area contributed by atoms with Crippen LogP contribution in [-0.2, 0) is 0 Å². The summed E-state index contributed by atoms with van der Waals surface area (Å²) in [5, 5.41) is 3.28. The fraction of sp³-hybridized carbons (Fsp3) is 0.500. The van der Waals surface area contributed by atoms with Gasteiger partial charge in [0, 0.05) is 15.2 Å².